The molecule has 0 aliphatic rings. The van der Waals surface area contributed by atoms with E-state index in [0.717, 1.165) is 16.8 Å². The van der Waals surface area contributed by atoms with E-state index in [9.17, 15) is 14.4 Å². The third-order valence-electron chi connectivity index (χ3n) is 7.41. The number of ether oxygens (including phenoxy) is 2. The Morgan fingerprint density at radius 2 is 1.53 bits per heavy atom. The van der Waals surface area contributed by atoms with Crippen LogP contribution in [0.15, 0.2) is 140 Å². The highest BCUT2D eigenvalue weighted by molar-refractivity contribution is 6.12. The number of carbonyl (C=O) groups excluding carboxylic acids is 3. The molecule has 1 unspecified atom stereocenters. The number of nitrogens with one attached hydrogen (secondary N) is 1. The maximum absolute atomic E-state index is 13.2. The fourth-order valence-electron chi connectivity index (χ4n) is 4.99. The van der Waals surface area contributed by atoms with Gasteiger partial charge in [0, 0.05) is 47.4 Å². The Labute approximate surface area is 274 Å². The van der Waals surface area contributed by atoms with Gasteiger partial charge in [-0.3, -0.25) is 14.6 Å². The van der Waals surface area contributed by atoms with Crippen LogP contribution in [0.3, 0.4) is 0 Å². The SMILES string of the molecule is COC(=O)C(Cc1ccc(OCCN(C(=O)C=Cc2cccnc2)c2ccccc2)cc1)Nc1ccccc1C(=O)c1ccccc1. The molecule has 0 saturated heterocycles. The maximum atomic E-state index is 13.2. The number of para-hydroxylation sites is 2. The van der Waals surface area contributed by atoms with Crippen molar-refractivity contribution >= 4 is 35.1 Å². The Hall–Kier alpha value is -6.02. The number of pyridine rings is 1. The van der Waals surface area contributed by atoms with E-state index < -0.39 is 12.0 Å². The zero-order valence-corrected chi connectivity index (χ0v) is 26.0. The molecule has 0 fully saturated rings. The van der Waals surface area contributed by atoms with E-state index in [1.165, 1.54) is 13.2 Å². The number of amides is 1. The van der Waals surface area contributed by atoms with Crippen LogP contribution >= 0.6 is 0 Å². The van der Waals surface area contributed by atoms with Gasteiger partial charge in [-0.1, -0.05) is 78.9 Å². The first-order valence-corrected chi connectivity index (χ1v) is 15.2. The van der Waals surface area contributed by atoms with E-state index in [2.05, 4.69) is 10.3 Å². The fourth-order valence-corrected chi connectivity index (χ4v) is 4.99. The summed E-state index contributed by atoms with van der Waals surface area (Å²) in [4.78, 5) is 44.9. The van der Waals surface area contributed by atoms with Gasteiger partial charge in [-0.15, -0.1) is 0 Å². The van der Waals surface area contributed by atoms with Crippen LogP contribution in [0.5, 0.6) is 5.75 Å². The van der Waals surface area contributed by atoms with E-state index in [1.807, 2.05) is 91.0 Å². The molecule has 8 nitrogen and oxygen atoms in total. The second-order valence-corrected chi connectivity index (χ2v) is 10.6. The molecule has 0 aliphatic carbocycles. The predicted octanol–water partition coefficient (Wildman–Crippen LogP) is 6.63. The summed E-state index contributed by atoms with van der Waals surface area (Å²) in [5.74, 6) is -0.139. The summed E-state index contributed by atoms with van der Waals surface area (Å²) in [5.41, 5.74) is 4.04. The number of anilines is 2. The molecule has 5 aromatic rings. The Morgan fingerprint density at radius 1 is 0.830 bits per heavy atom. The summed E-state index contributed by atoms with van der Waals surface area (Å²) < 4.78 is 11.1. The van der Waals surface area contributed by atoms with Crippen LogP contribution in [-0.2, 0) is 20.7 Å². The second-order valence-electron chi connectivity index (χ2n) is 10.6. The molecule has 236 valence electrons. The van der Waals surface area contributed by atoms with Crippen molar-refractivity contribution < 1.29 is 23.9 Å². The first kappa shape index (κ1) is 32.4. The summed E-state index contributed by atoms with van der Waals surface area (Å²) in [6, 6.07) is 35.9. The number of methoxy groups -OCH3 is 1. The number of rotatable bonds is 14. The lowest BCUT2D eigenvalue weighted by atomic mass is 10.00. The molecular weight excluding hydrogens is 590 g/mol. The van der Waals surface area contributed by atoms with Gasteiger partial charge in [0.2, 0.25) is 0 Å². The molecule has 1 heterocycles. The minimum Gasteiger partial charge on any atom is -0.492 e. The number of benzene rings is 4. The van der Waals surface area contributed by atoms with Crippen molar-refractivity contribution in [2.75, 3.05) is 30.5 Å². The number of hydrogen-bond acceptors (Lipinski definition) is 7. The summed E-state index contributed by atoms with van der Waals surface area (Å²) in [6.45, 7) is 0.594. The van der Waals surface area contributed by atoms with E-state index in [0.29, 0.717) is 35.5 Å². The lowest BCUT2D eigenvalue weighted by Crippen LogP contribution is -2.33. The number of aromatic nitrogens is 1. The van der Waals surface area contributed by atoms with Crippen LogP contribution in [-0.4, -0.2) is 48.9 Å². The summed E-state index contributed by atoms with van der Waals surface area (Å²) in [7, 11) is 1.34. The average Bonchev–Trinajstić information content (AvgIpc) is 3.13. The molecule has 1 amide bonds. The molecular formula is C39H35N3O5. The number of esters is 1. The first-order valence-electron chi connectivity index (χ1n) is 15.2. The smallest absolute Gasteiger partial charge is 0.328 e. The molecule has 0 aliphatic heterocycles. The fraction of sp³-hybridized carbons (Fsp3) is 0.128. The third kappa shape index (κ3) is 9.02. The van der Waals surface area contributed by atoms with E-state index >= 15 is 0 Å². The van der Waals surface area contributed by atoms with Gasteiger partial charge in [-0.25, -0.2) is 4.79 Å². The molecule has 1 N–H and O–H groups in total. The lowest BCUT2D eigenvalue weighted by Gasteiger charge is -2.22. The highest BCUT2D eigenvalue weighted by Gasteiger charge is 2.23. The zero-order chi connectivity index (χ0) is 32.8. The normalized spacial score (nSPS) is 11.4. The van der Waals surface area contributed by atoms with Gasteiger partial charge in [0.05, 0.1) is 13.7 Å². The Morgan fingerprint density at radius 3 is 2.23 bits per heavy atom. The Bertz CT molecular complexity index is 1790. The van der Waals surface area contributed by atoms with Gasteiger partial charge in [0.25, 0.3) is 5.91 Å². The van der Waals surface area contributed by atoms with Crippen LogP contribution in [0, 0.1) is 0 Å². The van der Waals surface area contributed by atoms with Crippen LogP contribution in [0.4, 0.5) is 11.4 Å². The summed E-state index contributed by atoms with van der Waals surface area (Å²) in [6.07, 6.45) is 6.96. The number of carbonyl (C=O) groups is 3. The topological polar surface area (TPSA) is 97.8 Å². The molecule has 0 saturated carbocycles. The zero-order valence-electron chi connectivity index (χ0n) is 26.0. The highest BCUT2D eigenvalue weighted by Crippen LogP contribution is 2.22. The number of hydrogen-bond donors (Lipinski definition) is 1. The van der Waals surface area contributed by atoms with Gasteiger partial charge >= 0.3 is 5.97 Å². The molecule has 0 spiro atoms. The largest absolute Gasteiger partial charge is 0.492 e. The van der Waals surface area contributed by atoms with Crippen LogP contribution in [0.25, 0.3) is 6.08 Å². The van der Waals surface area contributed by atoms with Crippen LogP contribution in [0.2, 0.25) is 0 Å². The predicted molar refractivity (Wildman–Crippen MR) is 183 cm³/mol. The molecule has 5 rings (SSSR count). The van der Waals surface area contributed by atoms with E-state index in [1.54, 1.807) is 53.7 Å². The van der Waals surface area contributed by atoms with Crippen molar-refractivity contribution in [1.29, 1.82) is 0 Å². The first-order chi connectivity index (χ1) is 23.0. The van der Waals surface area contributed by atoms with Gasteiger partial charge in [-0.05, 0) is 59.7 Å². The van der Waals surface area contributed by atoms with Crippen molar-refractivity contribution in [3.63, 3.8) is 0 Å². The monoisotopic (exact) mass is 625 g/mol. The molecule has 4 aromatic carbocycles. The lowest BCUT2D eigenvalue weighted by molar-refractivity contribution is -0.141. The van der Waals surface area contributed by atoms with Crippen molar-refractivity contribution in [3.8, 4) is 5.75 Å². The summed E-state index contributed by atoms with van der Waals surface area (Å²) >= 11 is 0. The van der Waals surface area contributed by atoms with E-state index in [4.69, 9.17) is 9.47 Å². The van der Waals surface area contributed by atoms with Crippen molar-refractivity contribution in [1.82, 2.24) is 4.98 Å². The Kier molecular flexibility index (Phi) is 11.3. The van der Waals surface area contributed by atoms with Crippen LogP contribution < -0.4 is 15.0 Å². The number of ketones is 1. The van der Waals surface area contributed by atoms with Gasteiger partial charge in [-0.2, -0.15) is 0 Å². The molecule has 47 heavy (non-hydrogen) atoms. The average molecular weight is 626 g/mol. The van der Waals surface area contributed by atoms with Gasteiger partial charge in [0.1, 0.15) is 18.4 Å². The van der Waals surface area contributed by atoms with Crippen molar-refractivity contribution in [2.24, 2.45) is 0 Å². The second kappa shape index (κ2) is 16.3. The van der Waals surface area contributed by atoms with Gasteiger partial charge in [0.15, 0.2) is 5.78 Å². The minimum absolute atomic E-state index is 0.143. The molecule has 1 atom stereocenters. The molecule has 8 heteroatoms. The van der Waals surface area contributed by atoms with Crippen molar-refractivity contribution in [3.05, 3.63) is 162 Å². The standard InChI is InChI=1S/C39H35N3O5/c1-46-39(45)36(41-35-17-9-8-16-34(35)38(44)31-12-4-2-5-13-31)27-29-18-21-33(22-19-29)47-26-25-42(32-14-6-3-7-15-32)37(43)23-20-30-11-10-24-40-28-30/h2-24,28,36,41H,25-27H2,1H3. The molecule has 0 radical (unpaired) electrons. The van der Waals surface area contributed by atoms with Gasteiger partial charge < -0.3 is 19.7 Å². The van der Waals surface area contributed by atoms with E-state index in [-0.39, 0.29) is 18.3 Å². The minimum atomic E-state index is -0.735. The quantitative estimate of drug-likeness (QED) is 0.0840. The maximum Gasteiger partial charge on any atom is 0.328 e. The highest BCUT2D eigenvalue weighted by atomic mass is 16.5. The molecule has 0 bridgehead atoms. The number of nitrogens with zero attached hydrogens (tertiary/aromatic N) is 2. The molecule has 1 aromatic heterocycles. The van der Waals surface area contributed by atoms with Crippen LogP contribution in [0.1, 0.15) is 27.0 Å². The summed E-state index contributed by atoms with van der Waals surface area (Å²) in [5, 5.41) is 3.23. The third-order valence-corrected chi connectivity index (χ3v) is 7.41. The van der Waals surface area contributed by atoms with Crippen molar-refractivity contribution in [2.45, 2.75) is 12.5 Å². The Balaban J connectivity index is 1.22.